The zero-order valence-electron chi connectivity index (χ0n) is 15.1. The molecule has 28 heavy (non-hydrogen) atoms. The smallest absolute Gasteiger partial charge is 0.205 e. The van der Waals surface area contributed by atoms with Gasteiger partial charge in [0.1, 0.15) is 17.4 Å². The molecule has 0 aromatic heterocycles. The molecule has 2 N–H and O–H groups in total. The van der Waals surface area contributed by atoms with Crippen LogP contribution in [-0.4, -0.2) is 0 Å². The highest BCUT2D eigenvalue weighted by atomic mass is 79.9. The predicted octanol–water partition coefficient (Wildman–Crippen LogP) is 6.54. The van der Waals surface area contributed by atoms with Gasteiger partial charge in [-0.15, -0.1) is 0 Å². The molecule has 0 unspecified atom stereocenters. The van der Waals surface area contributed by atoms with Crippen molar-refractivity contribution < 1.29 is 4.74 Å². The molecule has 0 saturated carbocycles. The van der Waals surface area contributed by atoms with Crippen LogP contribution < -0.4 is 5.73 Å². The lowest BCUT2D eigenvalue weighted by atomic mass is 9.77. The van der Waals surface area contributed by atoms with Gasteiger partial charge in [0.15, 0.2) is 0 Å². The van der Waals surface area contributed by atoms with Crippen LogP contribution >= 0.6 is 31.9 Å². The molecule has 5 heteroatoms. The summed E-state index contributed by atoms with van der Waals surface area (Å²) in [7, 11) is 0. The molecule has 1 aliphatic heterocycles. The number of hydrogen-bond donors (Lipinski definition) is 1. The summed E-state index contributed by atoms with van der Waals surface area (Å²) in [6.45, 7) is 0. The number of ether oxygens (including phenoxy) is 1. The molecule has 4 rings (SSSR count). The highest BCUT2D eigenvalue weighted by molar-refractivity contribution is 9.10. The van der Waals surface area contributed by atoms with Crippen molar-refractivity contribution in [2.45, 2.75) is 25.2 Å². The van der Waals surface area contributed by atoms with Crippen LogP contribution in [0, 0.1) is 11.3 Å². The Kier molecular flexibility index (Phi) is 5.43. The van der Waals surface area contributed by atoms with E-state index in [1.807, 2.05) is 36.4 Å². The lowest BCUT2D eigenvalue weighted by Crippen LogP contribution is -2.23. The van der Waals surface area contributed by atoms with Crippen molar-refractivity contribution in [2.75, 3.05) is 0 Å². The summed E-state index contributed by atoms with van der Waals surface area (Å²) in [5.74, 6) is 0.881. The number of nitrogens with two attached hydrogens (primary N) is 1. The van der Waals surface area contributed by atoms with E-state index in [9.17, 15) is 5.26 Å². The Bertz CT molecular complexity index is 1040. The van der Waals surface area contributed by atoms with Crippen molar-refractivity contribution in [3.8, 4) is 6.07 Å². The maximum Gasteiger partial charge on any atom is 0.205 e. The quantitative estimate of drug-likeness (QED) is 0.512. The van der Waals surface area contributed by atoms with E-state index in [4.69, 9.17) is 10.5 Å². The second-order valence-electron chi connectivity index (χ2n) is 6.91. The highest BCUT2D eigenvalue weighted by Crippen LogP contribution is 2.46. The average molecular weight is 498 g/mol. The van der Waals surface area contributed by atoms with E-state index < -0.39 is 0 Å². The van der Waals surface area contributed by atoms with E-state index >= 15 is 0 Å². The third-order valence-electron chi connectivity index (χ3n) is 5.12. The van der Waals surface area contributed by atoms with E-state index in [-0.39, 0.29) is 11.8 Å². The Hall–Kier alpha value is -2.29. The van der Waals surface area contributed by atoms with Crippen LogP contribution in [-0.2, 0) is 4.74 Å². The number of hydrogen-bond acceptors (Lipinski definition) is 3. The van der Waals surface area contributed by atoms with Crippen LogP contribution in [0.3, 0.4) is 0 Å². The molecule has 1 heterocycles. The lowest BCUT2D eigenvalue weighted by Gasteiger charge is -2.33. The minimum absolute atomic E-state index is 0.157. The van der Waals surface area contributed by atoms with Crippen LogP contribution in [0.25, 0.3) is 6.08 Å². The van der Waals surface area contributed by atoms with Gasteiger partial charge in [-0.25, -0.2) is 0 Å². The summed E-state index contributed by atoms with van der Waals surface area (Å²) >= 11 is 6.96. The lowest BCUT2D eigenvalue weighted by molar-refractivity contribution is 0.277. The summed E-state index contributed by atoms with van der Waals surface area (Å²) in [6.07, 6.45) is 5.00. The number of benzene rings is 2. The van der Waals surface area contributed by atoms with Gasteiger partial charge in [-0.1, -0.05) is 56.1 Å². The van der Waals surface area contributed by atoms with Gasteiger partial charge in [-0.05, 0) is 71.9 Å². The zero-order chi connectivity index (χ0) is 19.7. The van der Waals surface area contributed by atoms with Crippen molar-refractivity contribution >= 4 is 37.9 Å². The van der Waals surface area contributed by atoms with Crippen molar-refractivity contribution in [2.24, 2.45) is 5.73 Å². The average Bonchev–Trinajstić information content (AvgIpc) is 2.70. The summed E-state index contributed by atoms with van der Waals surface area (Å²) in [4.78, 5) is 0. The van der Waals surface area contributed by atoms with Gasteiger partial charge in [0, 0.05) is 14.9 Å². The first-order valence-corrected chi connectivity index (χ1v) is 10.7. The molecule has 0 radical (unpaired) electrons. The Balaban J connectivity index is 1.82. The fourth-order valence-corrected chi connectivity index (χ4v) is 4.36. The van der Waals surface area contributed by atoms with E-state index in [0.717, 1.165) is 56.2 Å². The number of nitriles is 1. The number of halogens is 2. The number of nitrogens with zero attached hydrogens (tertiary/aromatic N) is 1. The Morgan fingerprint density at radius 3 is 2.29 bits per heavy atom. The first-order chi connectivity index (χ1) is 13.6. The fourth-order valence-electron chi connectivity index (χ4n) is 3.83. The van der Waals surface area contributed by atoms with Gasteiger partial charge in [-0.2, -0.15) is 5.26 Å². The first kappa shape index (κ1) is 19.0. The second-order valence-corrected chi connectivity index (χ2v) is 8.74. The van der Waals surface area contributed by atoms with E-state index in [1.54, 1.807) is 0 Å². The number of allylic oxidation sites excluding steroid dienone is 3. The maximum absolute atomic E-state index is 9.75. The second kappa shape index (κ2) is 7.98. The number of rotatable bonds is 2. The van der Waals surface area contributed by atoms with Crippen LogP contribution in [0.15, 0.2) is 85.8 Å². The summed E-state index contributed by atoms with van der Waals surface area (Å²) in [6, 6.07) is 18.6. The molecule has 2 aromatic carbocycles. The van der Waals surface area contributed by atoms with Crippen LogP contribution in [0.2, 0.25) is 0 Å². The van der Waals surface area contributed by atoms with Gasteiger partial charge >= 0.3 is 0 Å². The molecule has 0 saturated heterocycles. The fraction of sp³-hybridized carbons (Fsp3) is 0.174. The standard InChI is InChI=1S/C23H18Br2N2O/c24-17-8-4-14(5-9-17)12-16-2-1-3-19-21(15-6-10-18(25)11-7-15)20(13-26)23(27)28-22(16)19/h4-12,21H,1-3,27H2/b16-12-/t21-/m1/s1. The SMILES string of the molecule is N#CC1=C(N)OC2=C(CCC/C2=C/c2ccc(Br)cc2)[C@H]1c1ccc(Br)cc1. The van der Waals surface area contributed by atoms with Crippen LogP contribution in [0.1, 0.15) is 36.3 Å². The minimum atomic E-state index is -0.157. The van der Waals surface area contributed by atoms with Gasteiger partial charge < -0.3 is 10.5 Å². The molecule has 1 atom stereocenters. The molecule has 0 fully saturated rings. The maximum atomic E-state index is 9.75. The van der Waals surface area contributed by atoms with Gasteiger partial charge in [-0.3, -0.25) is 0 Å². The molecule has 3 nitrogen and oxygen atoms in total. The molecule has 1 aliphatic carbocycles. The highest BCUT2D eigenvalue weighted by Gasteiger charge is 2.35. The third-order valence-corrected chi connectivity index (χ3v) is 6.18. The van der Waals surface area contributed by atoms with Crippen LogP contribution in [0.4, 0.5) is 0 Å². The normalized spacial score (nSPS) is 20.6. The molecule has 0 spiro atoms. The Morgan fingerprint density at radius 2 is 1.64 bits per heavy atom. The van der Waals surface area contributed by atoms with Crippen molar-refractivity contribution in [1.29, 1.82) is 5.26 Å². The summed E-state index contributed by atoms with van der Waals surface area (Å²) in [5, 5.41) is 9.75. The summed E-state index contributed by atoms with van der Waals surface area (Å²) < 4.78 is 8.06. The first-order valence-electron chi connectivity index (χ1n) is 9.09. The van der Waals surface area contributed by atoms with Crippen molar-refractivity contribution in [3.05, 3.63) is 97.0 Å². The topological polar surface area (TPSA) is 59.0 Å². The zero-order valence-corrected chi connectivity index (χ0v) is 18.3. The van der Waals surface area contributed by atoms with Gasteiger partial charge in [0.2, 0.25) is 5.88 Å². The molecule has 0 bridgehead atoms. The predicted molar refractivity (Wildman–Crippen MR) is 118 cm³/mol. The monoisotopic (exact) mass is 496 g/mol. The molecular formula is C23H18Br2N2O. The largest absolute Gasteiger partial charge is 0.440 e. The molecular weight excluding hydrogens is 480 g/mol. The van der Waals surface area contributed by atoms with Crippen LogP contribution in [0.5, 0.6) is 0 Å². The van der Waals surface area contributed by atoms with E-state index in [0.29, 0.717) is 5.57 Å². The van der Waals surface area contributed by atoms with E-state index in [2.05, 4.69) is 56.1 Å². The third kappa shape index (κ3) is 3.67. The van der Waals surface area contributed by atoms with Crippen molar-refractivity contribution in [3.63, 3.8) is 0 Å². The van der Waals surface area contributed by atoms with Gasteiger partial charge in [0.05, 0.1) is 0 Å². The Morgan fingerprint density at radius 1 is 1.00 bits per heavy atom. The Labute approximate surface area is 181 Å². The summed E-state index contributed by atoms with van der Waals surface area (Å²) in [5.41, 5.74) is 11.1. The van der Waals surface area contributed by atoms with Gasteiger partial charge in [0.25, 0.3) is 0 Å². The minimum Gasteiger partial charge on any atom is -0.440 e. The van der Waals surface area contributed by atoms with Crippen molar-refractivity contribution in [1.82, 2.24) is 0 Å². The molecule has 2 aromatic rings. The molecule has 140 valence electrons. The van der Waals surface area contributed by atoms with E-state index in [1.165, 1.54) is 0 Å². The molecule has 0 amide bonds. The molecule has 2 aliphatic rings.